The van der Waals surface area contributed by atoms with Gasteiger partial charge in [0.1, 0.15) is 6.04 Å². The normalized spacial score (nSPS) is 11.5. The van der Waals surface area contributed by atoms with Crippen molar-refractivity contribution in [1.82, 2.24) is 5.32 Å². The van der Waals surface area contributed by atoms with Gasteiger partial charge in [-0.3, -0.25) is 4.79 Å². The third kappa shape index (κ3) is 5.08. The number of ether oxygens (including phenoxy) is 1. The molecule has 0 aromatic heterocycles. The number of esters is 1. The van der Waals surface area contributed by atoms with Gasteiger partial charge < -0.3 is 10.1 Å². The Hall–Kier alpha value is -2.92. The van der Waals surface area contributed by atoms with Crippen molar-refractivity contribution in [2.75, 3.05) is 7.11 Å². The smallest absolute Gasteiger partial charge is 0.328 e. The van der Waals surface area contributed by atoms with E-state index in [0.29, 0.717) is 12.0 Å². The average molecular weight is 438 g/mol. The summed E-state index contributed by atoms with van der Waals surface area (Å²) in [7, 11) is 1.32. The molecule has 1 atom stereocenters. The van der Waals surface area contributed by atoms with Crippen LogP contribution in [-0.2, 0) is 16.0 Å². The van der Waals surface area contributed by atoms with E-state index in [1.54, 1.807) is 12.1 Å². The molecular formula is C23H20BrNO3. The maximum atomic E-state index is 12.7. The van der Waals surface area contributed by atoms with Crippen molar-refractivity contribution in [1.29, 1.82) is 0 Å². The summed E-state index contributed by atoms with van der Waals surface area (Å²) in [5.41, 5.74) is 3.51. The summed E-state index contributed by atoms with van der Waals surface area (Å²) in [6.07, 6.45) is 0.347. The maximum Gasteiger partial charge on any atom is 0.328 e. The molecule has 0 aliphatic heterocycles. The first kappa shape index (κ1) is 19.8. The van der Waals surface area contributed by atoms with Crippen LogP contribution in [0.3, 0.4) is 0 Å². The molecule has 0 radical (unpaired) electrons. The molecule has 3 rings (SSSR count). The lowest BCUT2D eigenvalue weighted by Gasteiger charge is -2.17. The molecule has 0 aliphatic rings. The molecule has 0 fully saturated rings. The van der Waals surface area contributed by atoms with Crippen LogP contribution in [0.4, 0.5) is 0 Å². The average Bonchev–Trinajstić information content (AvgIpc) is 2.73. The highest BCUT2D eigenvalue weighted by Crippen LogP contribution is 2.19. The third-order valence-corrected chi connectivity index (χ3v) is 4.87. The Morgan fingerprint density at radius 1 is 0.929 bits per heavy atom. The standard InChI is InChI=1S/C23H20BrNO3/c1-28-23(27)21(15-16-6-5-9-20(24)14-16)25-22(26)19-12-10-18(11-13-19)17-7-3-2-4-8-17/h2-14,21H,15H2,1H3,(H,25,26)/t21-/m0/s1. The molecule has 0 bridgehead atoms. The van der Waals surface area contributed by atoms with Crippen molar-refractivity contribution in [2.24, 2.45) is 0 Å². The molecule has 4 nitrogen and oxygen atoms in total. The largest absolute Gasteiger partial charge is 0.467 e. The fourth-order valence-corrected chi connectivity index (χ4v) is 3.37. The number of carbonyl (C=O) groups excluding carboxylic acids is 2. The Balaban J connectivity index is 1.73. The highest BCUT2D eigenvalue weighted by molar-refractivity contribution is 9.10. The Morgan fingerprint density at radius 2 is 1.61 bits per heavy atom. The van der Waals surface area contributed by atoms with Crippen LogP contribution < -0.4 is 5.32 Å². The Bertz CT molecular complexity index is 955. The van der Waals surface area contributed by atoms with Crippen LogP contribution >= 0.6 is 15.9 Å². The van der Waals surface area contributed by atoms with Gasteiger partial charge in [0.15, 0.2) is 0 Å². The summed E-state index contributed by atoms with van der Waals surface area (Å²) in [5, 5.41) is 2.78. The van der Waals surface area contributed by atoms with Crippen LogP contribution in [0.2, 0.25) is 0 Å². The molecule has 3 aromatic rings. The van der Waals surface area contributed by atoms with Gasteiger partial charge in [0.05, 0.1) is 7.11 Å². The van der Waals surface area contributed by atoms with E-state index < -0.39 is 12.0 Å². The molecule has 0 unspecified atom stereocenters. The summed E-state index contributed by atoms with van der Waals surface area (Å²) >= 11 is 3.42. The second-order valence-electron chi connectivity index (χ2n) is 6.33. The van der Waals surface area contributed by atoms with E-state index in [9.17, 15) is 9.59 Å². The predicted octanol–water partition coefficient (Wildman–Crippen LogP) is 4.63. The summed E-state index contributed by atoms with van der Waals surface area (Å²) in [5.74, 6) is -0.792. The summed E-state index contributed by atoms with van der Waals surface area (Å²) in [4.78, 5) is 24.8. The van der Waals surface area contributed by atoms with Gasteiger partial charge in [-0.15, -0.1) is 0 Å². The first-order chi connectivity index (χ1) is 13.6. The van der Waals surface area contributed by atoms with E-state index in [0.717, 1.165) is 21.2 Å². The number of methoxy groups -OCH3 is 1. The predicted molar refractivity (Wildman–Crippen MR) is 113 cm³/mol. The zero-order chi connectivity index (χ0) is 19.9. The molecule has 142 valence electrons. The van der Waals surface area contributed by atoms with Crippen LogP contribution in [0.1, 0.15) is 15.9 Å². The SMILES string of the molecule is COC(=O)[C@H](Cc1cccc(Br)c1)NC(=O)c1ccc(-c2ccccc2)cc1. The van der Waals surface area contributed by atoms with Crippen LogP contribution in [0, 0.1) is 0 Å². The van der Waals surface area contributed by atoms with Crippen molar-refractivity contribution in [3.05, 3.63) is 94.5 Å². The van der Waals surface area contributed by atoms with E-state index in [1.165, 1.54) is 7.11 Å². The Morgan fingerprint density at radius 3 is 2.25 bits per heavy atom. The highest BCUT2D eigenvalue weighted by Gasteiger charge is 2.22. The maximum absolute atomic E-state index is 12.7. The molecule has 0 heterocycles. The first-order valence-electron chi connectivity index (χ1n) is 8.85. The highest BCUT2D eigenvalue weighted by atomic mass is 79.9. The number of nitrogens with one attached hydrogen (secondary N) is 1. The van der Waals surface area contributed by atoms with Crippen molar-refractivity contribution in [2.45, 2.75) is 12.5 Å². The number of benzene rings is 3. The quantitative estimate of drug-likeness (QED) is 0.571. The fraction of sp³-hybridized carbons (Fsp3) is 0.130. The number of rotatable bonds is 6. The molecule has 1 amide bonds. The molecular weight excluding hydrogens is 418 g/mol. The molecule has 1 N–H and O–H groups in total. The van der Waals surface area contributed by atoms with Crippen molar-refractivity contribution in [3.8, 4) is 11.1 Å². The van der Waals surface area contributed by atoms with Crippen molar-refractivity contribution >= 4 is 27.8 Å². The number of hydrogen-bond donors (Lipinski definition) is 1. The van der Waals surface area contributed by atoms with Crippen LogP contribution in [0.25, 0.3) is 11.1 Å². The minimum absolute atomic E-state index is 0.315. The monoisotopic (exact) mass is 437 g/mol. The van der Waals surface area contributed by atoms with Crippen LogP contribution in [0.15, 0.2) is 83.3 Å². The Kier molecular flexibility index (Phi) is 6.61. The summed E-state index contributed by atoms with van der Waals surface area (Å²) in [6, 6.07) is 24.1. The molecule has 3 aromatic carbocycles. The fourth-order valence-electron chi connectivity index (χ4n) is 2.92. The summed E-state index contributed by atoms with van der Waals surface area (Å²) < 4.78 is 5.78. The zero-order valence-corrected chi connectivity index (χ0v) is 17.0. The van der Waals surface area contributed by atoms with Gasteiger partial charge in [-0.25, -0.2) is 4.79 Å². The van der Waals surface area contributed by atoms with E-state index in [1.807, 2.05) is 66.7 Å². The van der Waals surface area contributed by atoms with Gasteiger partial charge in [-0.2, -0.15) is 0 Å². The Labute approximate surface area is 172 Å². The van der Waals surface area contributed by atoms with E-state index >= 15 is 0 Å². The molecule has 0 spiro atoms. The lowest BCUT2D eigenvalue weighted by Crippen LogP contribution is -2.43. The van der Waals surface area contributed by atoms with Crippen molar-refractivity contribution < 1.29 is 14.3 Å². The van der Waals surface area contributed by atoms with E-state index in [4.69, 9.17) is 4.74 Å². The van der Waals surface area contributed by atoms with Crippen LogP contribution in [0.5, 0.6) is 0 Å². The first-order valence-corrected chi connectivity index (χ1v) is 9.65. The number of hydrogen-bond acceptors (Lipinski definition) is 3. The topological polar surface area (TPSA) is 55.4 Å². The molecule has 0 aliphatic carbocycles. The molecule has 0 saturated heterocycles. The second-order valence-corrected chi connectivity index (χ2v) is 7.24. The van der Waals surface area contributed by atoms with Gasteiger partial charge in [0.25, 0.3) is 5.91 Å². The minimum Gasteiger partial charge on any atom is -0.467 e. The summed E-state index contributed by atoms with van der Waals surface area (Å²) in [6.45, 7) is 0. The second kappa shape index (κ2) is 9.33. The van der Waals surface area contributed by atoms with Gasteiger partial charge >= 0.3 is 5.97 Å². The minimum atomic E-state index is -0.763. The lowest BCUT2D eigenvalue weighted by atomic mass is 10.0. The van der Waals surface area contributed by atoms with Gasteiger partial charge in [0.2, 0.25) is 0 Å². The number of amides is 1. The van der Waals surface area contributed by atoms with Crippen LogP contribution in [-0.4, -0.2) is 25.0 Å². The van der Waals surface area contributed by atoms with Gasteiger partial charge in [-0.05, 0) is 41.0 Å². The molecule has 5 heteroatoms. The zero-order valence-electron chi connectivity index (χ0n) is 15.4. The number of halogens is 1. The molecule has 0 saturated carbocycles. The van der Waals surface area contributed by atoms with Gasteiger partial charge in [-0.1, -0.05) is 70.5 Å². The number of carbonyl (C=O) groups is 2. The molecule has 28 heavy (non-hydrogen) atoms. The lowest BCUT2D eigenvalue weighted by molar-refractivity contribution is -0.142. The van der Waals surface area contributed by atoms with Crippen molar-refractivity contribution in [3.63, 3.8) is 0 Å². The van der Waals surface area contributed by atoms with E-state index in [-0.39, 0.29) is 5.91 Å². The van der Waals surface area contributed by atoms with Gasteiger partial charge in [0, 0.05) is 16.5 Å². The van der Waals surface area contributed by atoms with E-state index in [2.05, 4.69) is 21.2 Å². The third-order valence-electron chi connectivity index (χ3n) is 4.37.